The summed E-state index contributed by atoms with van der Waals surface area (Å²) in [5.41, 5.74) is 8.33. The quantitative estimate of drug-likeness (QED) is 0.593. The molecule has 0 radical (unpaired) electrons. The molecule has 0 fully saturated rings. The Kier molecular flexibility index (Phi) is 2.69. The number of hydrogen-bond donors (Lipinski definition) is 2. The zero-order valence-electron chi connectivity index (χ0n) is 7.00. The average Bonchev–Trinajstić information content (AvgIpc) is 2.20. The number of amides is 1. The van der Waals surface area contributed by atoms with Crippen molar-refractivity contribution in [2.24, 2.45) is 5.73 Å². The van der Waals surface area contributed by atoms with Gasteiger partial charge >= 0.3 is 0 Å². The standard InChI is InChI=1S/C9H12N2O/c1-7-2-3-8(11-6-12)4-5-9(7)10/h2,4-6H,3,10H2,1H3,(H,11,12). The molecule has 3 N–H and O–H groups in total. The van der Waals surface area contributed by atoms with Gasteiger partial charge in [-0.15, -0.1) is 0 Å². The summed E-state index contributed by atoms with van der Waals surface area (Å²) in [4.78, 5) is 10.1. The summed E-state index contributed by atoms with van der Waals surface area (Å²) in [6, 6.07) is 0. The third kappa shape index (κ3) is 1.99. The smallest absolute Gasteiger partial charge is 0.211 e. The van der Waals surface area contributed by atoms with E-state index < -0.39 is 0 Å². The second-order valence-electron chi connectivity index (χ2n) is 2.67. The first-order valence-electron chi connectivity index (χ1n) is 3.77. The molecule has 0 bridgehead atoms. The van der Waals surface area contributed by atoms with Gasteiger partial charge in [0.25, 0.3) is 0 Å². The van der Waals surface area contributed by atoms with Crippen LogP contribution in [0.25, 0.3) is 0 Å². The number of hydrogen-bond acceptors (Lipinski definition) is 2. The SMILES string of the molecule is CC1=CCC(NC=O)=CC=C1N. The monoisotopic (exact) mass is 164 g/mol. The highest BCUT2D eigenvalue weighted by molar-refractivity contribution is 5.51. The maximum absolute atomic E-state index is 10.1. The molecular weight excluding hydrogens is 152 g/mol. The zero-order chi connectivity index (χ0) is 8.97. The molecule has 64 valence electrons. The highest BCUT2D eigenvalue weighted by Gasteiger charge is 1.99. The van der Waals surface area contributed by atoms with Crippen molar-refractivity contribution in [1.82, 2.24) is 5.32 Å². The van der Waals surface area contributed by atoms with Crippen molar-refractivity contribution in [2.75, 3.05) is 0 Å². The van der Waals surface area contributed by atoms with Crippen molar-refractivity contribution in [3.05, 3.63) is 35.2 Å². The molecule has 1 aliphatic rings. The summed E-state index contributed by atoms with van der Waals surface area (Å²) >= 11 is 0. The van der Waals surface area contributed by atoms with Gasteiger partial charge in [0.1, 0.15) is 0 Å². The molecule has 0 aromatic heterocycles. The Bertz CT molecular complexity index is 274. The van der Waals surface area contributed by atoms with Gasteiger partial charge in [-0.05, 0) is 24.6 Å². The molecule has 0 aromatic carbocycles. The average molecular weight is 164 g/mol. The molecule has 0 unspecified atom stereocenters. The van der Waals surface area contributed by atoms with E-state index in [9.17, 15) is 4.79 Å². The molecule has 3 nitrogen and oxygen atoms in total. The predicted molar refractivity (Wildman–Crippen MR) is 47.9 cm³/mol. The van der Waals surface area contributed by atoms with Crippen LogP contribution in [0, 0.1) is 0 Å². The molecule has 1 aliphatic carbocycles. The second-order valence-corrected chi connectivity index (χ2v) is 2.67. The van der Waals surface area contributed by atoms with E-state index in [0.717, 1.165) is 23.4 Å². The third-order valence-electron chi connectivity index (χ3n) is 1.79. The van der Waals surface area contributed by atoms with Gasteiger partial charge in [-0.3, -0.25) is 4.79 Å². The Balaban J connectivity index is 2.79. The fourth-order valence-corrected chi connectivity index (χ4v) is 0.953. The molecule has 0 spiro atoms. The zero-order valence-corrected chi connectivity index (χ0v) is 7.00. The highest BCUT2D eigenvalue weighted by atomic mass is 16.1. The number of nitrogens with one attached hydrogen (secondary N) is 1. The summed E-state index contributed by atoms with van der Waals surface area (Å²) in [6.07, 6.45) is 6.99. The maximum atomic E-state index is 10.1. The first kappa shape index (κ1) is 8.59. The first-order chi connectivity index (χ1) is 5.74. The van der Waals surface area contributed by atoms with Gasteiger partial charge in [0, 0.05) is 17.8 Å². The van der Waals surface area contributed by atoms with Crippen LogP contribution in [0.4, 0.5) is 0 Å². The number of carbonyl (C=O) groups excluding carboxylic acids is 1. The van der Waals surface area contributed by atoms with Crippen LogP contribution in [0.1, 0.15) is 13.3 Å². The molecule has 1 rings (SSSR count). The lowest BCUT2D eigenvalue weighted by atomic mass is 10.2. The molecular formula is C9H12N2O. The van der Waals surface area contributed by atoms with Gasteiger partial charge in [0.15, 0.2) is 0 Å². The van der Waals surface area contributed by atoms with Crippen LogP contribution in [-0.2, 0) is 4.79 Å². The van der Waals surface area contributed by atoms with Crippen molar-refractivity contribution in [2.45, 2.75) is 13.3 Å². The minimum Gasteiger partial charge on any atom is -0.399 e. The second kappa shape index (κ2) is 3.76. The van der Waals surface area contributed by atoms with E-state index in [0.29, 0.717) is 6.41 Å². The van der Waals surface area contributed by atoms with Crippen LogP contribution in [0.2, 0.25) is 0 Å². The Labute approximate surface area is 71.6 Å². The van der Waals surface area contributed by atoms with Gasteiger partial charge in [-0.25, -0.2) is 0 Å². The molecule has 3 heteroatoms. The summed E-state index contributed by atoms with van der Waals surface area (Å²) in [5, 5.41) is 2.60. The van der Waals surface area contributed by atoms with Crippen LogP contribution in [0.3, 0.4) is 0 Å². The van der Waals surface area contributed by atoms with Crippen LogP contribution in [0.5, 0.6) is 0 Å². The molecule has 0 saturated carbocycles. The lowest BCUT2D eigenvalue weighted by Gasteiger charge is -1.98. The van der Waals surface area contributed by atoms with E-state index >= 15 is 0 Å². The molecule has 0 atom stereocenters. The number of allylic oxidation sites excluding steroid dienone is 4. The minimum absolute atomic E-state index is 0.671. The lowest BCUT2D eigenvalue weighted by molar-refractivity contribution is -0.108. The Morgan fingerprint density at radius 2 is 2.33 bits per heavy atom. The van der Waals surface area contributed by atoms with Crippen molar-refractivity contribution < 1.29 is 4.79 Å². The van der Waals surface area contributed by atoms with E-state index in [1.165, 1.54) is 0 Å². The number of nitrogens with two attached hydrogens (primary N) is 1. The minimum atomic E-state index is 0.671. The number of carbonyl (C=O) groups is 1. The molecule has 12 heavy (non-hydrogen) atoms. The molecule has 0 saturated heterocycles. The Hall–Kier alpha value is -1.51. The molecule has 1 amide bonds. The Morgan fingerprint density at radius 3 is 3.00 bits per heavy atom. The highest BCUT2D eigenvalue weighted by Crippen LogP contribution is 2.11. The van der Waals surface area contributed by atoms with Gasteiger partial charge in [-0.2, -0.15) is 0 Å². The molecule has 0 heterocycles. The van der Waals surface area contributed by atoms with Gasteiger partial charge in [0.05, 0.1) is 0 Å². The van der Waals surface area contributed by atoms with Crippen molar-refractivity contribution in [3.8, 4) is 0 Å². The molecule has 0 aromatic rings. The topological polar surface area (TPSA) is 55.1 Å². The van der Waals surface area contributed by atoms with Gasteiger partial charge < -0.3 is 11.1 Å². The van der Waals surface area contributed by atoms with Crippen LogP contribution in [0.15, 0.2) is 35.2 Å². The van der Waals surface area contributed by atoms with Crippen LogP contribution in [-0.4, -0.2) is 6.41 Å². The maximum Gasteiger partial charge on any atom is 0.211 e. The van der Waals surface area contributed by atoms with E-state index in [1.54, 1.807) is 6.08 Å². The summed E-state index contributed by atoms with van der Waals surface area (Å²) in [7, 11) is 0. The normalized spacial score (nSPS) is 16.9. The van der Waals surface area contributed by atoms with E-state index in [4.69, 9.17) is 5.73 Å². The van der Waals surface area contributed by atoms with E-state index in [1.807, 2.05) is 19.1 Å². The molecule has 0 aliphatic heterocycles. The fourth-order valence-electron chi connectivity index (χ4n) is 0.953. The van der Waals surface area contributed by atoms with E-state index in [-0.39, 0.29) is 0 Å². The van der Waals surface area contributed by atoms with Crippen molar-refractivity contribution in [1.29, 1.82) is 0 Å². The predicted octanol–water partition coefficient (Wildman–Crippen LogP) is 0.809. The summed E-state index contributed by atoms with van der Waals surface area (Å²) in [6.45, 7) is 1.95. The largest absolute Gasteiger partial charge is 0.399 e. The Morgan fingerprint density at radius 1 is 1.58 bits per heavy atom. The van der Waals surface area contributed by atoms with Crippen molar-refractivity contribution >= 4 is 6.41 Å². The van der Waals surface area contributed by atoms with E-state index in [2.05, 4.69) is 5.32 Å². The van der Waals surface area contributed by atoms with Gasteiger partial charge in [-0.1, -0.05) is 6.08 Å². The first-order valence-corrected chi connectivity index (χ1v) is 3.77. The summed E-state index contributed by atoms with van der Waals surface area (Å²) < 4.78 is 0. The van der Waals surface area contributed by atoms with Gasteiger partial charge in [0.2, 0.25) is 6.41 Å². The summed E-state index contributed by atoms with van der Waals surface area (Å²) in [5.74, 6) is 0. The lowest BCUT2D eigenvalue weighted by Crippen LogP contribution is -2.08. The van der Waals surface area contributed by atoms with Crippen LogP contribution < -0.4 is 11.1 Å². The third-order valence-corrected chi connectivity index (χ3v) is 1.79. The fraction of sp³-hybridized carbons (Fsp3) is 0.222. The van der Waals surface area contributed by atoms with Crippen LogP contribution >= 0.6 is 0 Å². The van der Waals surface area contributed by atoms with Crippen molar-refractivity contribution in [3.63, 3.8) is 0 Å². The number of rotatable bonds is 2.